The third-order valence-electron chi connectivity index (χ3n) is 3.95. The molecule has 1 atom stereocenters. The molecule has 7 nitrogen and oxygen atoms in total. The molecule has 2 rings (SSSR count). The number of esters is 1. The van der Waals surface area contributed by atoms with Crippen LogP contribution in [-0.2, 0) is 19.1 Å². The number of carbonyl (C=O) groups excluding carboxylic acids is 2. The first-order valence-corrected chi connectivity index (χ1v) is 8.44. The first-order valence-electron chi connectivity index (χ1n) is 8.44. The first-order chi connectivity index (χ1) is 12.5. The number of amides is 1. The van der Waals surface area contributed by atoms with E-state index < -0.39 is 18.5 Å². The van der Waals surface area contributed by atoms with Crippen LogP contribution < -0.4 is 10.2 Å². The topological polar surface area (TPSA) is 91.7 Å². The molecule has 0 unspecified atom stereocenters. The largest absolute Gasteiger partial charge is 0.451 e. The van der Waals surface area contributed by atoms with Gasteiger partial charge in [0.25, 0.3) is 5.91 Å². The van der Waals surface area contributed by atoms with Crippen molar-refractivity contribution >= 4 is 23.6 Å². The third-order valence-corrected chi connectivity index (χ3v) is 3.95. The lowest BCUT2D eigenvalue weighted by Gasteiger charge is -2.12. The Morgan fingerprint density at radius 2 is 2.12 bits per heavy atom. The Bertz CT molecular complexity index is 698. The second-order valence-corrected chi connectivity index (χ2v) is 6.17. The Kier molecular flexibility index (Phi) is 7.18. The second-order valence-electron chi connectivity index (χ2n) is 6.17. The summed E-state index contributed by atoms with van der Waals surface area (Å²) in [6.45, 7) is 0.682. The maximum absolute atomic E-state index is 12.0. The molecule has 1 heterocycles. The van der Waals surface area contributed by atoms with Crippen molar-refractivity contribution in [2.45, 2.75) is 18.9 Å². The maximum Gasteiger partial charge on any atom is 0.349 e. The van der Waals surface area contributed by atoms with Gasteiger partial charge in [-0.05, 0) is 36.6 Å². The van der Waals surface area contributed by atoms with Gasteiger partial charge in [-0.25, -0.2) is 4.79 Å². The molecule has 1 amide bonds. The number of hydrogen-bond donors (Lipinski definition) is 1. The number of nitrogens with one attached hydrogen (secondary N) is 1. The quantitative estimate of drug-likeness (QED) is 0.452. The third kappa shape index (κ3) is 5.90. The highest BCUT2D eigenvalue weighted by Gasteiger charge is 2.17. The van der Waals surface area contributed by atoms with Gasteiger partial charge in [0.15, 0.2) is 6.61 Å². The number of benzene rings is 1. The van der Waals surface area contributed by atoms with Gasteiger partial charge in [0.2, 0.25) is 0 Å². The van der Waals surface area contributed by atoms with Gasteiger partial charge >= 0.3 is 5.97 Å². The van der Waals surface area contributed by atoms with Gasteiger partial charge in [-0.3, -0.25) is 4.79 Å². The molecule has 1 aromatic carbocycles. The molecule has 0 aliphatic carbocycles. The lowest BCUT2D eigenvalue weighted by Crippen LogP contribution is -2.34. The molecule has 0 bridgehead atoms. The van der Waals surface area contributed by atoms with Gasteiger partial charge in [0.1, 0.15) is 11.6 Å². The van der Waals surface area contributed by atoms with Crippen LogP contribution in [0.25, 0.3) is 6.08 Å². The molecule has 1 saturated heterocycles. The number of anilines is 1. The predicted molar refractivity (Wildman–Crippen MR) is 97.3 cm³/mol. The predicted octanol–water partition coefficient (Wildman–Crippen LogP) is 1.50. The van der Waals surface area contributed by atoms with Crippen molar-refractivity contribution in [3.8, 4) is 6.07 Å². The zero-order valence-corrected chi connectivity index (χ0v) is 15.0. The highest BCUT2D eigenvalue weighted by molar-refractivity contribution is 5.98. The normalized spacial score (nSPS) is 16.7. The molecular weight excluding hydrogens is 334 g/mol. The van der Waals surface area contributed by atoms with Crippen molar-refractivity contribution in [2.24, 2.45) is 0 Å². The summed E-state index contributed by atoms with van der Waals surface area (Å²) in [6.07, 6.45) is 3.36. The van der Waals surface area contributed by atoms with Crippen LogP contribution in [0.1, 0.15) is 18.4 Å². The number of carbonyl (C=O) groups is 2. The Morgan fingerprint density at radius 3 is 2.69 bits per heavy atom. The summed E-state index contributed by atoms with van der Waals surface area (Å²) in [7, 11) is 3.85. The van der Waals surface area contributed by atoms with Crippen molar-refractivity contribution < 1.29 is 19.1 Å². The van der Waals surface area contributed by atoms with Gasteiger partial charge in [0.05, 0.1) is 6.10 Å². The van der Waals surface area contributed by atoms with E-state index in [-0.39, 0.29) is 11.7 Å². The summed E-state index contributed by atoms with van der Waals surface area (Å²) in [5.74, 6) is -1.24. The maximum atomic E-state index is 12.0. The van der Waals surface area contributed by atoms with E-state index in [9.17, 15) is 9.59 Å². The molecule has 1 aromatic rings. The summed E-state index contributed by atoms with van der Waals surface area (Å²) >= 11 is 0. The Morgan fingerprint density at radius 1 is 1.38 bits per heavy atom. The van der Waals surface area contributed by atoms with E-state index in [2.05, 4.69) is 5.32 Å². The van der Waals surface area contributed by atoms with Crippen LogP contribution in [0, 0.1) is 11.3 Å². The van der Waals surface area contributed by atoms with Crippen LogP contribution in [-0.4, -0.2) is 51.8 Å². The standard InChI is InChI=1S/C19H23N3O4/c1-22(2)16-7-5-14(6-8-16)10-15(11-20)19(24)26-13-18(23)21-12-17-4-3-9-25-17/h5-8,10,17H,3-4,9,12-13H2,1-2H3,(H,21,23)/b15-10+/t17-/m0/s1. The Labute approximate surface area is 153 Å². The number of nitrogens with zero attached hydrogens (tertiary/aromatic N) is 2. The van der Waals surface area contributed by atoms with Crippen LogP contribution in [0.4, 0.5) is 5.69 Å². The molecule has 1 aliphatic rings. The van der Waals surface area contributed by atoms with Gasteiger partial charge in [-0.1, -0.05) is 12.1 Å². The molecule has 0 spiro atoms. The van der Waals surface area contributed by atoms with Crippen LogP contribution in [0.15, 0.2) is 29.8 Å². The van der Waals surface area contributed by atoms with Crippen LogP contribution in [0.5, 0.6) is 0 Å². The molecule has 7 heteroatoms. The summed E-state index contributed by atoms with van der Waals surface area (Å²) in [5, 5.41) is 11.8. The number of rotatable bonds is 7. The lowest BCUT2D eigenvalue weighted by molar-refractivity contribution is -0.144. The van der Waals surface area contributed by atoms with Crippen LogP contribution >= 0.6 is 0 Å². The van der Waals surface area contributed by atoms with Gasteiger partial charge < -0.3 is 19.7 Å². The highest BCUT2D eigenvalue weighted by Crippen LogP contribution is 2.15. The van der Waals surface area contributed by atoms with Gasteiger partial charge in [-0.2, -0.15) is 5.26 Å². The highest BCUT2D eigenvalue weighted by atomic mass is 16.5. The minimum absolute atomic E-state index is 0.0226. The van der Waals surface area contributed by atoms with Crippen molar-refractivity contribution in [1.82, 2.24) is 5.32 Å². The van der Waals surface area contributed by atoms with Crippen LogP contribution in [0.3, 0.4) is 0 Å². The van der Waals surface area contributed by atoms with Crippen LogP contribution in [0.2, 0.25) is 0 Å². The number of nitriles is 1. The van der Waals surface area contributed by atoms with E-state index in [1.54, 1.807) is 12.1 Å². The summed E-state index contributed by atoms with van der Waals surface area (Å²) < 4.78 is 10.3. The molecule has 26 heavy (non-hydrogen) atoms. The average Bonchev–Trinajstić information content (AvgIpc) is 3.16. The van der Waals surface area contributed by atoms with Crippen molar-refractivity contribution in [3.05, 3.63) is 35.4 Å². The number of hydrogen-bond acceptors (Lipinski definition) is 6. The molecule has 0 radical (unpaired) electrons. The molecule has 0 aromatic heterocycles. The zero-order chi connectivity index (χ0) is 18.9. The Balaban J connectivity index is 1.85. The van der Waals surface area contributed by atoms with E-state index in [0.717, 1.165) is 18.5 Å². The molecule has 1 aliphatic heterocycles. The minimum Gasteiger partial charge on any atom is -0.451 e. The van der Waals surface area contributed by atoms with E-state index in [1.165, 1.54) is 6.08 Å². The molecule has 1 fully saturated rings. The van der Waals surface area contributed by atoms with E-state index in [0.29, 0.717) is 18.7 Å². The first kappa shape index (κ1) is 19.5. The molecule has 0 saturated carbocycles. The lowest BCUT2D eigenvalue weighted by atomic mass is 10.1. The SMILES string of the molecule is CN(C)c1ccc(/C=C(\C#N)C(=O)OCC(=O)NC[C@@H]2CCCO2)cc1. The summed E-state index contributed by atoms with van der Waals surface area (Å²) in [4.78, 5) is 25.7. The van der Waals surface area contributed by atoms with Crippen molar-refractivity contribution in [1.29, 1.82) is 5.26 Å². The van der Waals surface area contributed by atoms with Gasteiger partial charge in [0, 0.05) is 32.9 Å². The smallest absolute Gasteiger partial charge is 0.349 e. The second kappa shape index (κ2) is 9.59. The average molecular weight is 357 g/mol. The summed E-state index contributed by atoms with van der Waals surface area (Å²) in [6, 6.07) is 9.17. The zero-order valence-electron chi connectivity index (χ0n) is 15.0. The molecule has 138 valence electrons. The van der Waals surface area contributed by atoms with Crippen molar-refractivity contribution in [3.63, 3.8) is 0 Å². The van der Waals surface area contributed by atoms with E-state index in [4.69, 9.17) is 14.7 Å². The fourth-order valence-electron chi connectivity index (χ4n) is 2.47. The molecular formula is C19H23N3O4. The number of ether oxygens (including phenoxy) is 2. The fraction of sp³-hybridized carbons (Fsp3) is 0.421. The van der Waals surface area contributed by atoms with Crippen molar-refractivity contribution in [2.75, 3.05) is 38.8 Å². The summed E-state index contributed by atoms with van der Waals surface area (Å²) in [5.41, 5.74) is 1.55. The van der Waals surface area contributed by atoms with E-state index >= 15 is 0 Å². The molecule has 1 N–H and O–H groups in total. The minimum atomic E-state index is -0.823. The monoisotopic (exact) mass is 357 g/mol. The van der Waals surface area contributed by atoms with E-state index in [1.807, 2.05) is 37.2 Å². The Hall–Kier alpha value is -2.85. The van der Waals surface area contributed by atoms with Gasteiger partial charge in [-0.15, -0.1) is 0 Å². The fourth-order valence-corrected chi connectivity index (χ4v) is 2.47.